The summed E-state index contributed by atoms with van der Waals surface area (Å²) in [4.78, 5) is 24.2. The second kappa shape index (κ2) is 7.58. The summed E-state index contributed by atoms with van der Waals surface area (Å²) in [6.07, 6.45) is 6.50. The van der Waals surface area contributed by atoms with E-state index in [0.717, 1.165) is 6.04 Å². The van der Waals surface area contributed by atoms with E-state index in [2.05, 4.69) is 32.3 Å². The summed E-state index contributed by atoms with van der Waals surface area (Å²) in [5, 5.41) is 0. The highest BCUT2D eigenvalue weighted by Crippen LogP contribution is 2.39. The zero-order chi connectivity index (χ0) is 16.9. The number of rotatable bonds is 6. The second-order valence-electron chi connectivity index (χ2n) is 6.69. The minimum atomic E-state index is -1.19. The second-order valence-corrected chi connectivity index (χ2v) is 12.2. The standard InChI is InChI=1S/C17H26O4Si/c1-7-12-11-13(9-8-10-22(4,5)6)15(17(19)21-3)14(12)16(18)20-2/h7-9,12-13H,1,10-11H2,2-6H3/b9-8-/t12-,13+/m1/s1. The molecule has 0 unspecified atom stereocenters. The predicted octanol–water partition coefficient (Wildman–Crippen LogP) is 3.35. The quantitative estimate of drug-likeness (QED) is 0.427. The monoisotopic (exact) mass is 322 g/mol. The van der Waals surface area contributed by atoms with Crippen LogP contribution in [0.2, 0.25) is 25.7 Å². The summed E-state index contributed by atoms with van der Waals surface area (Å²) in [6, 6.07) is 1.03. The summed E-state index contributed by atoms with van der Waals surface area (Å²) >= 11 is 0. The van der Waals surface area contributed by atoms with Gasteiger partial charge in [0.1, 0.15) is 0 Å². The number of hydrogen-bond acceptors (Lipinski definition) is 4. The van der Waals surface area contributed by atoms with E-state index in [9.17, 15) is 9.59 Å². The molecule has 0 fully saturated rings. The summed E-state index contributed by atoms with van der Waals surface area (Å²) in [5.74, 6) is -1.25. The Kier molecular flexibility index (Phi) is 6.35. The number of carbonyl (C=O) groups is 2. The van der Waals surface area contributed by atoms with Gasteiger partial charge >= 0.3 is 11.9 Å². The van der Waals surface area contributed by atoms with Gasteiger partial charge in [-0.3, -0.25) is 0 Å². The molecule has 0 spiro atoms. The first-order valence-corrected chi connectivity index (χ1v) is 11.2. The molecule has 0 saturated carbocycles. The molecule has 0 amide bonds. The van der Waals surface area contributed by atoms with Crippen LogP contribution in [0.25, 0.3) is 0 Å². The van der Waals surface area contributed by atoms with Crippen LogP contribution < -0.4 is 0 Å². The maximum Gasteiger partial charge on any atom is 0.334 e. The Bertz CT molecular complexity index is 511. The van der Waals surface area contributed by atoms with Gasteiger partial charge in [0.15, 0.2) is 0 Å². The normalized spacial score (nSPS) is 22.0. The zero-order valence-corrected chi connectivity index (χ0v) is 15.1. The van der Waals surface area contributed by atoms with E-state index < -0.39 is 20.0 Å². The molecule has 5 heteroatoms. The lowest BCUT2D eigenvalue weighted by atomic mass is 9.99. The molecular weight excluding hydrogens is 296 g/mol. The SMILES string of the molecule is C=C[C@@H]1C[C@H](/C=C\C[Si](C)(C)C)C(C(=O)OC)=C1C(=O)OC. The molecular formula is C17H26O4Si. The molecule has 1 aliphatic rings. The highest BCUT2D eigenvalue weighted by Gasteiger charge is 2.39. The molecule has 122 valence electrons. The molecule has 0 saturated heterocycles. The fraction of sp³-hybridized carbons (Fsp3) is 0.529. The Morgan fingerprint density at radius 3 is 2.05 bits per heavy atom. The summed E-state index contributed by atoms with van der Waals surface area (Å²) < 4.78 is 9.69. The molecule has 0 aromatic rings. The minimum Gasteiger partial charge on any atom is -0.466 e. The number of hydrogen-bond donors (Lipinski definition) is 0. The van der Waals surface area contributed by atoms with Crippen LogP contribution in [0.15, 0.2) is 36.0 Å². The number of esters is 2. The van der Waals surface area contributed by atoms with Gasteiger partial charge in [-0.2, -0.15) is 0 Å². The predicted molar refractivity (Wildman–Crippen MR) is 90.1 cm³/mol. The first-order chi connectivity index (χ1) is 10.2. The molecule has 0 aromatic carbocycles. The Balaban J connectivity index is 3.17. The third-order valence-corrected chi connectivity index (χ3v) is 5.19. The molecule has 1 rings (SSSR count). The molecule has 0 aliphatic heterocycles. The summed E-state index contributed by atoms with van der Waals surface area (Å²) in [7, 11) is 1.46. The van der Waals surface area contributed by atoms with Gasteiger partial charge in [-0.05, 0) is 12.5 Å². The van der Waals surface area contributed by atoms with Crippen molar-refractivity contribution in [2.75, 3.05) is 14.2 Å². The molecule has 4 nitrogen and oxygen atoms in total. The van der Waals surface area contributed by atoms with Crippen molar-refractivity contribution in [1.29, 1.82) is 0 Å². The molecule has 2 atom stereocenters. The largest absolute Gasteiger partial charge is 0.466 e. The van der Waals surface area contributed by atoms with Crippen LogP contribution in [-0.4, -0.2) is 34.2 Å². The van der Waals surface area contributed by atoms with E-state index >= 15 is 0 Å². The number of ether oxygens (including phenoxy) is 2. The maximum absolute atomic E-state index is 12.1. The van der Waals surface area contributed by atoms with Gasteiger partial charge in [-0.15, -0.1) is 6.58 Å². The van der Waals surface area contributed by atoms with Gasteiger partial charge < -0.3 is 9.47 Å². The van der Waals surface area contributed by atoms with E-state index in [4.69, 9.17) is 9.47 Å². The maximum atomic E-state index is 12.1. The molecule has 0 aromatic heterocycles. The van der Waals surface area contributed by atoms with E-state index in [0.29, 0.717) is 17.6 Å². The van der Waals surface area contributed by atoms with Gasteiger partial charge in [0.25, 0.3) is 0 Å². The molecule has 0 radical (unpaired) electrons. The van der Waals surface area contributed by atoms with Crippen LogP contribution in [-0.2, 0) is 19.1 Å². The molecule has 1 aliphatic carbocycles. The summed E-state index contributed by atoms with van der Waals surface area (Å²) in [5.41, 5.74) is 0.790. The van der Waals surface area contributed by atoms with Gasteiger partial charge in [0.2, 0.25) is 0 Å². The fourth-order valence-electron chi connectivity index (χ4n) is 2.63. The van der Waals surface area contributed by atoms with E-state index in [1.807, 2.05) is 6.08 Å². The third kappa shape index (κ3) is 4.43. The zero-order valence-electron chi connectivity index (χ0n) is 14.1. The van der Waals surface area contributed by atoms with E-state index in [1.54, 1.807) is 6.08 Å². The van der Waals surface area contributed by atoms with Crippen molar-refractivity contribution in [1.82, 2.24) is 0 Å². The Hall–Kier alpha value is -1.62. The molecule has 0 N–H and O–H groups in total. The number of methoxy groups -OCH3 is 2. The van der Waals surface area contributed by atoms with Gasteiger partial charge in [0.05, 0.1) is 25.4 Å². The fourth-order valence-corrected chi connectivity index (χ4v) is 3.47. The first kappa shape index (κ1) is 18.4. The Morgan fingerprint density at radius 1 is 1.14 bits per heavy atom. The van der Waals surface area contributed by atoms with Crippen molar-refractivity contribution >= 4 is 20.0 Å². The van der Waals surface area contributed by atoms with E-state index in [-0.39, 0.29) is 11.8 Å². The number of allylic oxidation sites excluding steroid dienone is 3. The Morgan fingerprint density at radius 2 is 1.64 bits per heavy atom. The summed E-state index contributed by atoms with van der Waals surface area (Å²) in [6.45, 7) is 10.6. The van der Waals surface area contributed by atoms with Crippen molar-refractivity contribution in [3.8, 4) is 0 Å². The first-order valence-electron chi connectivity index (χ1n) is 7.45. The van der Waals surface area contributed by atoms with Crippen LogP contribution in [0.5, 0.6) is 0 Å². The third-order valence-electron chi connectivity index (χ3n) is 3.73. The lowest BCUT2D eigenvalue weighted by molar-refractivity contribution is -0.139. The van der Waals surface area contributed by atoms with Crippen LogP contribution in [0, 0.1) is 11.8 Å². The average molecular weight is 322 g/mol. The van der Waals surface area contributed by atoms with Crippen molar-refractivity contribution in [2.45, 2.75) is 32.1 Å². The highest BCUT2D eigenvalue weighted by molar-refractivity contribution is 6.76. The van der Waals surface area contributed by atoms with Crippen molar-refractivity contribution in [2.24, 2.45) is 11.8 Å². The molecule has 22 heavy (non-hydrogen) atoms. The molecule has 0 bridgehead atoms. The van der Waals surface area contributed by atoms with Crippen LogP contribution in [0.4, 0.5) is 0 Å². The van der Waals surface area contributed by atoms with Crippen molar-refractivity contribution in [3.05, 3.63) is 36.0 Å². The van der Waals surface area contributed by atoms with Crippen molar-refractivity contribution < 1.29 is 19.1 Å². The minimum absolute atomic E-state index is 0.124. The topological polar surface area (TPSA) is 52.6 Å². The average Bonchev–Trinajstić information content (AvgIpc) is 2.82. The number of carbonyl (C=O) groups excluding carboxylic acids is 2. The van der Waals surface area contributed by atoms with Crippen molar-refractivity contribution in [3.63, 3.8) is 0 Å². The van der Waals surface area contributed by atoms with E-state index in [1.165, 1.54) is 14.2 Å². The lowest BCUT2D eigenvalue weighted by Crippen LogP contribution is -2.18. The highest BCUT2D eigenvalue weighted by atomic mass is 28.3. The smallest absolute Gasteiger partial charge is 0.334 e. The van der Waals surface area contributed by atoms with Gasteiger partial charge in [0, 0.05) is 19.9 Å². The van der Waals surface area contributed by atoms with Gasteiger partial charge in [-0.1, -0.05) is 37.9 Å². The van der Waals surface area contributed by atoms with Crippen LogP contribution in [0.3, 0.4) is 0 Å². The molecule has 0 heterocycles. The van der Waals surface area contributed by atoms with Gasteiger partial charge in [-0.25, -0.2) is 9.59 Å². The lowest BCUT2D eigenvalue weighted by Gasteiger charge is -2.13. The van der Waals surface area contributed by atoms with Crippen LogP contribution in [0.1, 0.15) is 6.42 Å². The Labute approximate surface area is 133 Å². The van der Waals surface area contributed by atoms with Crippen LogP contribution >= 0.6 is 0 Å².